The Labute approximate surface area is 67.9 Å². The maximum atomic E-state index is 11.0. The average Bonchev–Trinajstić information content (AvgIpc) is 2.03. The molecule has 0 radical (unpaired) electrons. The first-order valence-corrected chi connectivity index (χ1v) is 4.13. The van der Waals surface area contributed by atoms with Gasteiger partial charge < -0.3 is 4.74 Å². The summed E-state index contributed by atoms with van der Waals surface area (Å²) in [6, 6.07) is 0. The van der Waals surface area contributed by atoms with E-state index in [-0.39, 0.29) is 17.0 Å². The Balaban J connectivity index is 2.89. The van der Waals surface area contributed by atoms with E-state index in [1.165, 1.54) is 0 Å². The normalized spacial score (nSPS) is 35.5. The van der Waals surface area contributed by atoms with Crippen molar-refractivity contribution in [1.29, 1.82) is 0 Å². The molecule has 1 heterocycles. The molecule has 1 fully saturated rings. The molecule has 0 N–H and O–H groups in total. The maximum Gasteiger partial charge on any atom is 0.307 e. The van der Waals surface area contributed by atoms with E-state index in [2.05, 4.69) is 20.8 Å². The number of cyclic esters (lactones) is 1. The first-order chi connectivity index (χ1) is 4.91. The van der Waals surface area contributed by atoms with Crippen molar-refractivity contribution in [2.24, 2.45) is 5.41 Å². The Morgan fingerprint density at radius 3 is 2.18 bits per heavy atom. The summed E-state index contributed by atoms with van der Waals surface area (Å²) in [6.07, 6.45) is 1.45. The standard InChI is InChI=1S/C9H16O2/c1-5-9(4)8(2,3)6-7(10)11-9/h5-6H2,1-4H3. The van der Waals surface area contributed by atoms with E-state index in [1.807, 2.05) is 6.92 Å². The van der Waals surface area contributed by atoms with Crippen molar-refractivity contribution in [1.82, 2.24) is 0 Å². The molecular weight excluding hydrogens is 140 g/mol. The Hall–Kier alpha value is -0.530. The Bertz CT molecular complexity index is 184. The average molecular weight is 156 g/mol. The number of esters is 1. The fourth-order valence-corrected chi connectivity index (χ4v) is 1.52. The van der Waals surface area contributed by atoms with Crippen molar-refractivity contribution < 1.29 is 9.53 Å². The van der Waals surface area contributed by atoms with Gasteiger partial charge in [-0.15, -0.1) is 0 Å². The summed E-state index contributed by atoms with van der Waals surface area (Å²) in [5.41, 5.74) is -0.247. The minimum atomic E-state index is -0.246. The van der Waals surface area contributed by atoms with Crippen molar-refractivity contribution in [3.8, 4) is 0 Å². The van der Waals surface area contributed by atoms with Gasteiger partial charge in [0.2, 0.25) is 0 Å². The Kier molecular flexibility index (Phi) is 1.73. The van der Waals surface area contributed by atoms with Gasteiger partial charge in [-0.3, -0.25) is 4.79 Å². The smallest absolute Gasteiger partial charge is 0.307 e. The van der Waals surface area contributed by atoms with Gasteiger partial charge in [-0.05, 0) is 13.3 Å². The van der Waals surface area contributed by atoms with Crippen LogP contribution in [-0.4, -0.2) is 11.6 Å². The van der Waals surface area contributed by atoms with Gasteiger partial charge in [0, 0.05) is 5.41 Å². The molecule has 1 aliphatic rings. The molecular formula is C9H16O2. The van der Waals surface area contributed by atoms with Gasteiger partial charge in [-0.25, -0.2) is 0 Å². The van der Waals surface area contributed by atoms with Crippen molar-refractivity contribution in [3.05, 3.63) is 0 Å². The maximum absolute atomic E-state index is 11.0. The van der Waals surface area contributed by atoms with Crippen molar-refractivity contribution in [2.75, 3.05) is 0 Å². The highest BCUT2D eigenvalue weighted by molar-refractivity contribution is 5.73. The highest BCUT2D eigenvalue weighted by atomic mass is 16.6. The van der Waals surface area contributed by atoms with Gasteiger partial charge >= 0.3 is 5.97 Å². The first kappa shape index (κ1) is 8.57. The number of hydrogen-bond acceptors (Lipinski definition) is 2. The Morgan fingerprint density at radius 1 is 1.45 bits per heavy atom. The van der Waals surface area contributed by atoms with Crippen molar-refractivity contribution in [3.63, 3.8) is 0 Å². The zero-order valence-corrected chi connectivity index (χ0v) is 7.73. The monoisotopic (exact) mass is 156 g/mol. The van der Waals surface area contributed by atoms with Crippen LogP contribution in [0.2, 0.25) is 0 Å². The predicted molar refractivity (Wildman–Crippen MR) is 43.2 cm³/mol. The second kappa shape index (κ2) is 2.23. The molecule has 0 aromatic rings. The summed E-state index contributed by atoms with van der Waals surface area (Å²) in [7, 11) is 0. The second-order valence-electron chi connectivity index (χ2n) is 4.12. The molecule has 0 aliphatic carbocycles. The van der Waals surface area contributed by atoms with E-state index in [0.29, 0.717) is 6.42 Å². The summed E-state index contributed by atoms with van der Waals surface area (Å²) < 4.78 is 5.27. The van der Waals surface area contributed by atoms with E-state index in [1.54, 1.807) is 0 Å². The molecule has 11 heavy (non-hydrogen) atoms. The largest absolute Gasteiger partial charge is 0.459 e. The van der Waals surface area contributed by atoms with E-state index >= 15 is 0 Å². The van der Waals surface area contributed by atoms with Crippen LogP contribution in [0.1, 0.15) is 40.5 Å². The van der Waals surface area contributed by atoms with Gasteiger partial charge in [0.1, 0.15) is 5.60 Å². The number of ether oxygens (including phenoxy) is 1. The van der Waals surface area contributed by atoms with E-state index in [9.17, 15) is 4.79 Å². The van der Waals surface area contributed by atoms with E-state index < -0.39 is 0 Å². The fourth-order valence-electron chi connectivity index (χ4n) is 1.52. The summed E-state index contributed by atoms with van der Waals surface area (Å²) in [5, 5.41) is 0. The van der Waals surface area contributed by atoms with Crippen LogP contribution in [0, 0.1) is 5.41 Å². The minimum Gasteiger partial charge on any atom is -0.459 e. The lowest BCUT2D eigenvalue weighted by molar-refractivity contribution is -0.149. The van der Waals surface area contributed by atoms with E-state index in [4.69, 9.17) is 4.74 Å². The SMILES string of the molecule is CCC1(C)OC(=O)CC1(C)C. The molecule has 0 bridgehead atoms. The van der Waals surface area contributed by atoms with Gasteiger partial charge in [0.25, 0.3) is 0 Å². The zero-order chi connectivity index (χ0) is 8.70. The Morgan fingerprint density at radius 2 is 2.00 bits per heavy atom. The molecule has 2 nitrogen and oxygen atoms in total. The summed E-state index contributed by atoms with van der Waals surface area (Å²) in [5.74, 6) is -0.0562. The fraction of sp³-hybridized carbons (Fsp3) is 0.889. The van der Waals surface area contributed by atoms with Crippen LogP contribution < -0.4 is 0 Å². The molecule has 0 aromatic heterocycles. The summed E-state index contributed by atoms with van der Waals surface area (Å²) in [4.78, 5) is 11.0. The number of hydrogen-bond donors (Lipinski definition) is 0. The molecule has 64 valence electrons. The van der Waals surface area contributed by atoms with Crippen molar-refractivity contribution in [2.45, 2.75) is 46.1 Å². The minimum absolute atomic E-state index is 0.00116. The molecule has 0 saturated carbocycles. The number of carbonyl (C=O) groups is 1. The van der Waals surface area contributed by atoms with Gasteiger partial charge in [-0.2, -0.15) is 0 Å². The van der Waals surface area contributed by atoms with Crippen LogP contribution in [0.15, 0.2) is 0 Å². The quantitative estimate of drug-likeness (QED) is 0.543. The van der Waals surface area contributed by atoms with Crippen LogP contribution >= 0.6 is 0 Å². The molecule has 0 spiro atoms. The molecule has 2 heteroatoms. The van der Waals surface area contributed by atoms with Crippen LogP contribution in [0.25, 0.3) is 0 Å². The van der Waals surface area contributed by atoms with Crippen LogP contribution in [0.5, 0.6) is 0 Å². The molecule has 1 unspecified atom stereocenters. The third-order valence-electron chi connectivity index (χ3n) is 3.03. The molecule has 1 atom stereocenters. The van der Waals surface area contributed by atoms with Gasteiger partial charge in [0.15, 0.2) is 0 Å². The molecule has 0 aromatic carbocycles. The highest BCUT2D eigenvalue weighted by Gasteiger charge is 2.50. The highest BCUT2D eigenvalue weighted by Crippen LogP contribution is 2.45. The number of rotatable bonds is 1. The van der Waals surface area contributed by atoms with Crippen LogP contribution in [-0.2, 0) is 9.53 Å². The summed E-state index contributed by atoms with van der Waals surface area (Å²) >= 11 is 0. The summed E-state index contributed by atoms with van der Waals surface area (Å²) in [6.45, 7) is 8.24. The molecule has 1 saturated heterocycles. The van der Waals surface area contributed by atoms with Crippen LogP contribution in [0.4, 0.5) is 0 Å². The van der Waals surface area contributed by atoms with Gasteiger partial charge in [-0.1, -0.05) is 20.8 Å². The lowest BCUT2D eigenvalue weighted by atomic mass is 9.74. The molecule has 0 amide bonds. The van der Waals surface area contributed by atoms with Crippen molar-refractivity contribution >= 4 is 5.97 Å². The second-order valence-corrected chi connectivity index (χ2v) is 4.12. The molecule has 1 aliphatic heterocycles. The van der Waals surface area contributed by atoms with E-state index in [0.717, 1.165) is 6.42 Å². The topological polar surface area (TPSA) is 26.3 Å². The third-order valence-corrected chi connectivity index (χ3v) is 3.03. The predicted octanol–water partition coefficient (Wildman–Crippen LogP) is 2.13. The molecule has 1 rings (SSSR count). The van der Waals surface area contributed by atoms with Gasteiger partial charge in [0.05, 0.1) is 6.42 Å². The zero-order valence-electron chi connectivity index (χ0n) is 7.73. The van der Waals surface area contributed by atoms with Crippen LogP contribution in [0.3, 0.4) is 0 Å². The lowest BCUT2D eigenvalue weighted by Crippen LogP contribution is -2.37. The first-order valence-electron chi connectivity index (χ1n) is 4.13. The number of carbonyl (C=O) groups excluding carboxylic acids is 1. The third kappa shape index (κ3) is 1.15. The lowest BCUT2D eigenvalue weighted by Gasteiger charge is -2.34.